The minimum absolute atomic E-state index is 0.0485. The van der Waals surface area contributed by atoms with Gasteiger partial charge in [0.05, 0.1) is 12.3 Å². The minimum atomic E-state index is -3.42. The summed E-state index contributed by atoms with van der Waals surface area (Å²) in [6, 6.07) is 9.08. The Hall–Kier alpha value is -1.40. The van der Waals surface area contributed by atoms with Crippen LogP contribution in [0.1, 0.15) is 12.5 Å². The standard InChI is InChI=1S/C11H16N2O3S/c1-2-17(15,16)13(9-11(12)14)8-10-6-4-3-5-7-10/h3-7H,2,8-9H2,1H3,(H2,12,14). The SMILES string of the molecule is CCS(=O)(=O)N(CC(N)=O)Cc1ccccc1. The Balaban J connectivity index is 2.89. The van der Waals surface area contributed by atoms with E-state index in [0.29, 0.717) is 0 Å². The van der Waals surface area contributed by atoms with Gasteiger partial charge in [-0.15, -0.1) is 0 Å². The van der Waals surface area contributed by atoms with Gasteiger partial charge in [-0.05, 0) is 12.5 Å². The highest BCUT2D eigenvalue weighted by atomic mass is 32.2. The summed E-state index contributed by atoms with van der Waals surface area (Å²) in [6.07, 6.45) is 0. The van der Waals surface area contributed by atoms with Crippen molar-refractivity contribution < 1.29 is 13.2 Å². The molecule has 1 aromatic carbocycles. The molecule has 0 bridgehead atoms. The average molecular weight is 256 g/mol. The normalized spacial score (nSPS) is 11.6. The zero-order valence-corrected chi connectivity index (χ0v) is 10.5. The van der Waals surface area contributed by atoms with Gasteiger partial charge in [0.2, 0.25) is 15.9 Å². The molecule has 0 aliphatic heterocycles. The molecule has 2 N–H and O–H groups in total. The van der Waals surface area contributed by atoms with Gasteiger partial charge in [-0.25, -0.2) is 8.42 Å². The zero-order valence-electron chi connectivity index (χ0n) is 9.67. The Morgan fingerprint density at radius 3 is 2.35 bits per heavy atom. The van der Waals surface area contributed by atoms with Gasteiger partial charge in [0.15, 0.2) is 0 Å². The van der Waals surface area contributed by atoms with Crippen LogP contribution in [0.2, 0.25) is 0 Å². The molecule has 17 heavy (non-hydrogen) atoms. The number of hydrogen-bond donors (Lipinski definition) is 1. The van der Waals surface area contributed by atoms with Crippen molar-refractivity contribution in [2.45, 2.75) is 13.5 Å². The first-order valence-corrected chi connectivity index (χ1v) is 6.86. The number of primary amides is 1. The summed E-state index contributed by atoms with van der Waals surface area (Å²) in [7, 11) is -3.42. The topological polar surface area (TPSA) is 80.5 Å². The molecule has 1 amide bonds. The first-order chi connectivity index (χ1) is 7.95. The third-order valence-electron chi connectivity index (χ3n) is 2.29. The minimum Gasteiger partial charge on any atom is -0.369 e. The van der Waals surface area contributed by atoms with Gasteiger partial charge in [0.25, 0.3) is 0 Å². The predicted octanol–water partition coefficient (Wildman–Crippen LogP) is 0.324. The lowest BCUT2D eigenvalue weighted by Gasteiger charge is -2.19. The van der Waals surface area contributed by atoms with Crippen molar-refractivity contribution in [1.29, 1.82) is 0 Å². The Morgan fingerprint density at radius 1 is 1.29 bits per heavy atom. The molecular formula is C11H16N2O3S. The maximum Gasteiger partial charge on any atom is 0.232 e. The molecule has 0 aromatic heterocycles. The summed E-state index contributed by atoms with van der Waals surface area (Å²) >= 11 is 0. The summed E-state index contributed by atoms with van der Waals surface area (Å²) < 4.78 is 24.6. The number of nitrogens with zero attached hydrogens (tertiary/aromatic N) is 1. The Kier molecular flexibility index (Phi) is 4.65. The molecular weight excluding hydrogens is 240 g/mol. The van der Waals surface area contributed by atoms with Crippen molar-refractivity contribution in [2.75, 3.05) is 12.3 Å². The molecule has 6 heteroatoms. The van der Waals surface area contributed by atoms with Gasteiger partial charge in [-0.3, -0.25) is 4.79 Å². The smallest absolute Gasteiger partial charge is 0.232 e. The summed E-state index contributed by atoms with van der Waals surface area (Å²) in [5.74, 6) is -0.703. The lowest BCUT2D eigenvalue weighted by Crippen LogP contribution is -2.38. The van der Waals surface area contributed by atoms with Crippen LogP contribution in [0.15, 0.2) is 30.3 Å². The van der Waals surface area contributed by atoms with E-state index in [4.69, 9.17) is 5.73 Å². The van der Waals surface area contributed by atoms with Gasteiger partial charge in [0, 0.05) is 6.54 Å². The number of carbonyl (C=O) groups is 1. The summed E-state index contributed by atoms with van der Waals surface area (Å²) in [5, 5.41) is 0. The number of sulfonamides is 1. The maximum absolute atomic E-state index is 11.8. The van der Waals surface area contributed by atoms with Gasteiger partial charge in [-0.2, -0.15) is 4.31 Å². The van der Waals surface area contributed by atoms with Gasteiger partial charge in [-0.1, -0.05) is 30.3 Å². The Morgan fingerprint density at radius 2 is 1.88 bits per heavy atom. The van der Waals surface area contributed by atoms with Crippen molar-refractivity contribution in [3.8, 4) is 0 Å². The average Bonchev–Trinajstić information content (AvgIpc) is 2.29. The number of nitrogens with two attached hydrogens (primary N) is 1. The molecule has 0 saturated carbocycles. The molecule has 0 spiro atoms. The fourth-order valence-corrected chi connectivity index (χ4v) is 2.43. The number of carbonyl (C=O) groups excluding carboxylic acids is 1. The van der Waals surface area contributed by atoms with E-state index in [9.17, 15) is 13.2 Å². The highest BCUT2D eigenvalue weighted by molar-refractivity contribution is 7.89. The van der Waals surface area contributed by atoms with E-state index in [2.05, 4.69) is 0 Å². The van der Waals surface area contributed by atoms with Crippen LogP contribution >= 0.6 is 0 Å². The van der Waals surface area contributed by atoms with Gasteiger partial charge >= 0.3 is 0 Å². The number of hydrogen-bond acceptors (Lipinski definition) is 3. The molecule has 0 radical (unpaired) electrons. The molecule has 0 aliphatic rings. The third-order valence-corrected chi connectivity index (χ3v) is 4.07. The molecule has 1 rings (SSSR count). The van der Waals surface area contributed by atoms with E-state index in [-0.39, 0.29) is 18.8 Å². The molecule has 94 valence electrons. The highest BCUT2D eigenvalue weighted by Crippen LogP contribution is 2.09. The fraction of sp³-hybridized carbons (Fsp3) is 0.364. The second kappa shape index (κ2) is 5.79. The van der Waals surface area contributed by atoms with Crippen LogP contribution in [0.4, 0.5) is 0 Å². The van der Waals surface area contributed by atoms with Crippen LogP contribution in [0.25, 0.3) is 0 Å². The van der Waals surface area contributed by atoms with Gasteiger partial charge < -0.3 is 5.73 Å². The summed E-state index contributed by atoms with van der Waals surface area (Å²) in [6.45, 7) is 1.42. The zero-order chi connectivity index (χ0) is 12.9. The van der Waals surface area contributed by atoms with E-state index in [0.717, 1.165) is 9.87 Å². The van der Waals surface area contributed by atoms with E-state index < -0.39 is 15.9 Å². The van der Waals surface area contributed by atoms with Crippen molar-refractivity contribution >= 4 is 15.9 Å². The first kappa shape index (κ1) is 13.7. The van der Waals surface area contributed by atoms with Crippen LogP contribution in [-0.4, -0.2) is 30.9 Å². The first-order valence-electron chi connectivity index (χ1n) is 5.25. The third kappa shape index (κ3) is 4.16. The number of benzene rings is 1. The molecule has 0 heterocycles. The second-order valence-electron chi connectivity index (χ2n) is 3.62. The molecule has 0 aliphatic carbocycles. The largest absolute Gasteiger partial charge is 0.369 e. The molecule has 0 fully saturated rings. The molecule has 5 nitrogen and oxygen atoms in total. The lowest BCUT2D eigenvalue weighted by molar-refractivity contribution is -0.118. The van der Waals surface area contributed by atoms with E-state index in [1.54, 1.807) is 12.1 Å². The van der Waals surface area contributed by atoms with Crippen molar-refractivity contribution in [2.24, 2.45) is 5.73 Å². The summed E-state index contributed by atoms with van der Waals surface area (Å²) in [4.78, 5) is 10.9. The molecule has 1 aromatic rings. The van der Waals surface area contributed by atoms with E-state index in [1.165, 1.54) is 6.92 Å². The van der Waals surface area contributed by atoms with Crippen molar-refractivity contribution in [3.63, 3.8) is 0 Å². The number of amides is 1. The second-order valence-corrected chi connectivity index (χ2v) is 5.88. The molecule has 0 atom stereocenters. The maximum atomic E-state index is 11.8. The Labute approximate surface area is 101 Å². The van der Waals surface area contributed by atoms with Crippen molar-refractivity contribution in [1.82, 2.24) is 4.31 Å². The molecule has 0 unspecified atom stereocenters. The fourth-order valence-electron chi connectivity index (χ4n) is 1.40. The van der Waals surface area contributed by atoms with Gasteiger partial charge in [0.1, 0.15) is 0 Å². The van der Waals surface area contributed by atoms with Crippen LogP contribution in [0.3, 0.4) is 0 Å². The van der Waals surface area contributed by atoms with E-state index in [1.807, 2.05) is 18.2 Å². The number of rotatable bonds is 6. The lowest BCUT2D eigenvalue weighted by atomic mass is 10.2. The van der Waals surface area contributed by atoms with E-state index >= 15 is 0 Å². The summed E-state index contributed by atoms with van der Waals surface area (Å²) in [5.41, 5.74) is 5.88. The monoisotopic (exact) mass is 256 g/mol. The van der Waals surface area contributed by atoms with Crippen LogP contribution in [0.5, 0.6) is 0 Å². The highest BCUT2D eigenvalue weighted by Gasteiger charge is 2.21. The molecule has 0 saturated heterocycles. The van der Waals surface area contributed by atoms with Crippen LogP contribution < -0.4 is 5.73 Å². The predicted molar refractivity (Wildman–Crippen MR) is 65.5 cm³/mol. The quantitative estimate of drug-likeness (QED) is 0.796. The van der Waals surface area contributed by atoms with Crippen LogP contribution in [0, 0.1) is 0 Å². The van der Waals surface area contributed by atoms with Crippen LogP contribution in [-0.2, 0) is 21.4 Å². The Bertz CT molecular complexity index is 471. The van der Waals surface area contributed by atoms with Crippen molar-refractivity contribution in [3.05, 3.63) is 35.9 Å².